The van der Waals surface area contributed by atoms with Crippen LogP contribution in [-0.2, 0) is 4.74 Å². The Morgan fingerprint density at radius 1 is 0.690 bits per heavy atom. The quantitative estimate of drug-likeness (QED) is 0.113. The van der Waals surface area contributed by atoms with E-state index in [1.54, 1.807) is 12.1 Å². The van der Waals surface area contributed by atoms with Crippen LogP contribution in [0.5, 0.6) is 11.5 Å². The monoisotopic (exact) mass is 1240 g/mol. The van der Waals surface area contributed by atoms with Crippen LogP contribution in [0.2, 0.25) is 0 Å². The third kappa shape index (κ3) is 9.02. The second-order valence-electron chi connectivity index (χ2n) is 10.1. The molecule has 7 nitrogen and oxygen atoms in total. The van der Waals surface area contributed by atoms with Crippen LogP contribution in [0.4, 0.5) is 0 Å². The van der Waals surface area contributed by atoms with Gasteiger partial charge in [0.25, 0.3) is 0 Å². The molecule has 0 unspecified atom stereocenters. The molecule has 1 fully saturated rings. The normalized spacial score (nSPS) is 13.9. The Bertz CT molecular complexity index is 1460. The lowest BCUT2D eigenvalue weighted by molar-refractivity contribution is -0.665. The Balaban J connectivity index is 1.68. The summed E-state index contributed by atoms with van der Waals surface area (Å²) >= 11 is 12.9. The van der Waals surface area contributed by atoms with Crippen molar-refractivity contribution in [1.82, 2.24) is 0 Å². The molecule has 0 bridgehead atoms. The van der Waals surface area contributed by atoms with Gasteiger partial charge in [-0.15, -0.1) is 0 Å². The molecule has 222 valence electrons. The molecule has 0 aromatic heterocycles. The molecule has 1 saturated heterocycles. The largest absolute Gasteiger partial charge is 0.456 e. The topological polar surface area (TPSA) is 95.5 Å². The van der Waals surface area contributed by atoms with Crippen molar-refractivity contribution in [3.63, 3.8) is 0 Å². The first-order valence-corrected chi connectivity index (χ1v) is 19.2. The van der Waals surface area contributed by atoms with Gasteiger partial charge < -0.3 is 19.5 Å². The van der Waals surface area contributed by atoms with Crippen LogP contribution in [0.1, 0.15) is 57.8 Å². The molecule has 13 heteroatoms. The smallest absolute Gasteiger partial charge is 0.344 e. The van der Waals surface area contributed by atoms with E-state index in [1.165, 1.54) is 18.2 Å². The molecule has 1 heterocycles. The Hall–Kier alpha value is 0.410. The van der Waals surface area contributed by atoms with E-state index in [-0.39, 0.29) is 23.0 Å². The average molecular weight is 1240 g/mol. The Labute approximate surface area is 326 Å². The zero-order chi connectivity index (χ0) is 30.8. The fourth-order valence-electron chi connectivity index (χ4n) is 4.54. The van der Waals surface area contributed by atoms with Crippen molar-refractivity contribution in [2.45, 2.75) is 32.3 Å². The third-order valence-electron chi connectivity index (χ3n) is 6.74. The summed E-state index contributed by atoms with van der Waals surface area (Å²) in [6.07, 6.45) is 1.89. The number of halogens is 6. The molecule has 4 rings (SSSR count). The van der Waals surface area contributed by atoms with Gasteiger partial charge in [0.2, 0.25) is 0 Å². The summed E-state index contributed by atoms with van der Waals surface area (Å²) in [7, 11) is 0. The fourth-order valence-corrected chi connectivity index (χ4v) is 9.30. The highest BCUT2D eigenvalue weighted by Crippen LogP contribution is 2.32. The molecule has 0 atom stereocenters. The summed E-state index contributed by atoms with van der Waals surface area (Å²) in [6.45, 7) is 5.83. The summed E-state index contributed by atoms with van der Waals surface area (Å²) in [5.74, 6) is -1.39. The van der Waals surface area contributed by atoms with Crippen LogP contribution < -0.4 is 14.8 Å². The van der Waals surface area contributed by atoms with Gasteiger partial charge in [-0.3, -0.25) is 0 Å². The molecule has 0 saturated carbocycles. The number of benzene rings is 3. The van der Waals surface area contributed by atoms with Crippen molar-refractivity contribution in [2.75, 3.05) is 13.1 Å². The van der Waals surface area contributed by atoms with E-state index in [0.717, 1.165) is 47.4 Å². The van der Waals surface area contributed by atoms with Crippen LogP contribution >= 0.6 is 136 Å². The molecule has 0 amide bonds. The number of esters is 3. The Morgan fingerprint density at radius 3 is 1.60 bits per heavy atom. The highest BCUT2D eigenvalue weighted by molar-refractivity contribution is 14.1. The van der Waals surface area contributed by atoms with Gasteiger partial charge >= 0.3 is 17.9 Å². The van der Waals surface area contributed by atoms with Crippen LogP contribution in [0, 0.1) is 27.3 Å². The Kier molecular flexibility index (Phi) is 12.9. The van der Waals surface area contributed by atoms with Crippen molar-refractivity contribution in [3.8, 4) is 11.5 Å². The van der Waals surface area contributed by atoms with Gasteiger partial charge in [-0.25, -0.2) is 14.4 Å². The molecule has 42 heavy (non-hydrogen) atoms. The van der Waals surface area contributed by atoms with Gasteiger partial charge in [0, 0.05) is 46.2 Å². The van der Waals surface area contributed by atoms with Crippen molar-refractivity contribution < 1.29 is 33.9 Å². The molecule has 3 aromatic carbocycles. The van der Waals surface area contributed by atoms with Gasteiger partial charge in [0.05, 0.1) is 29.8 Å². The molecule has 3 aromatic rings. The number of nitrogens with two attached hydrogens (primary N) is 1. The SMILES string of the molecule is CC(C)(OC(=O)c1cc(OC(=O)c2cc(I)cc(I)c2I)cc(OC(=O)c2cc(I)cc(I)c2I)c1)C1CC[NH2+]CC1. The van der Waals surface area contributed by atoms with Crippen LogP contribution in [-0.4, -0.2) is 36.6 Å². The third-order valence-corrected chi connectivity index (χ3v) is 14.1. The highest BCUT2D eigenvalue weighted by atomic mass is 127. The highest BCUT2D eigenvalue weighted by Gasteiger charge is 2.36. The molecule has 2 N–H and O–H groups in total. The minimum absolute atomic E-state index is 0.0684. The zero-order valence-corrected chi connectivity index (χ0v) is 35.2. The van der Waals surface area contributed by atoms with E-state index in [9.17, 15) is 14.4 Å². The van der Waals surface area contributed by atoms with Crippen LogP contribution in [0.3, 0.4) is 0 Å². The number of hydrogen-bond acceptors (Lipinski definition) is 6. The lowest BCUT2D eigenvalue weighted by Crippen LogP contribution is -2.86. The van der Waals surface area contributed by atoms with Gasteiger partial charge in [0.1, 0.15) is 17.1 Å². The van der Waals surface area contributed by atoms with E-state index in [2.05, 4.69) is 141 Å². The second kappa shape index (κ2) is 15.3. The predicted molar refractivity (Wildman–Crippen MR) is 209 cm³/mol. The first-order chi connectivity index (χ1) is 19.7. The summed E-state index contributed by atoms with van der Waals surface area (Å²) < 4.78 is 22.7. The van der Waals surface area contributed by atoms with Gasteiger partial charge in [-0.2, -0.15) is 0 Å². The minimum atomic E-state index is -0.698. The van der Waals surface area contributed by atoms with Gasteiger partial charge in [-0.05, 0) is 186 Å². The molecule has 1 aliphatic heterocycles. The van der Waals surface area contributed by atoms with Crippen LogP contribution in [0.25, 0.3) is 0 Å². The Morgan fingerprint density at radius 2 is 1.14 bits per heavy atom. The summed E-state index contributed by atoms with van der Waals surface area (Å²) in [6, 6.07) is 11.8. The first-order valence-electron chi connectivity index (χ1n) is 12.7. The van der Waals surface area contributed by atoms with Crippen LogP contribution in [0.15, 0.2) is 42.5 Å². The van der Waals surface area contributed by atoms with Crippen molar-refractivity contribution in [3.05, 3.63) is 80.6 Å². The molecule has 0 aliphatic carbocycles. The maximum Gasteiger partial charge on any atom is 0.344 e. The predicted octanol–water partition coefficient (Wildman–Crippen LogP) is 7.66. The lowest BCUT2D eigenvalue weighted by Gasteiger charge is -2.35. The zero-order valence-electron chi connectivity index (χ0n) is 22.2. The number of rotatable bonds is 7. The maximum atomic E-state index is 13.5. The van der Waals surface area contributed by atoms with E-state index in [1.807, 2.05) is 26.0 Å². The molecule has 0 radical (unpaired) electrons. The van der Waals surface area contributed by atoms with Crippen molar-refractivity contribution in [2.24, 2.45) is 5.92 Å². The summed E-state index contributed by atoms with van der Waals surface area (Å²) in [5, 5.41) is 2.26. The summed E-state index contributed by atoms with van der Waals surface area (Å²) in [5.41, 5.74) is 0.223. The molecule has 0 spiro atoms. The molecule has 1 aliphatic rings. The van der Waals surface area contributed by atoms with Gasteiger partial charge in [-0.1, -0.05) is 0 Å². The van der Waals surface area contributed by atoms with E-state index in [0.29, 0.717) is 11.1 Å². The number of ether oxygens (including phenoxy) is 3. The standard InChI is InChI=1S/C29H23I6NO6/c1-29(2,15-3-5-36-6-4-15)42-26(37)14-7-18(40-27(38)20-9-16(30)11-22(32)24(20)34)13-19(8-14)41-28(39)21-10-17(31)12-23(33)25(21)35/h7-13,15,36H,3-6H2,1-2H3/p+1. The number of hydrogen-bond donors (Lipinski definition) is 1. The van der Waals surface area contributed by atoms with E-state index >= 15 is 0 Å². The number of piperidine rings is 1. The van der Waals surface area contributed by atoms with E-state index in [4.69, 9.17) is 14.2 Å². The maximum absolute atomic E-state index is 13.5. The van der Waals surface area contributed by atoms with Crippen molar-refractivity contribution >= 4 is 153 Å². The minimum Gasteiger partial charge on any atom is -0.456 e. The lowest BCUT2D eigenvalue weighted by atomic mass is 9.83. The summed E-state index contributed by atoms with van der Waals surface area (Å²) in [4.78, 5) is 40.0. The average Bonchev–Trinajstić information content (AvgIpc) is 2.92. The van der Waals surface area contributed by atoms with Crippen molar-refractivity contribution in [1.29, 1.82) is 0 Å². The fraction of sp³-hybridized carbons (Fsp3) is 0.276. The first kappa shape index (κ1) is 35.3. The van der Waals surface area contributed by atoms with E-state index < -0.39 is 23.5 Å². The number of quaternary nitrogens is 1. The number of carbonyl (C=O) groups is 3. The molecular weight excluding hydrogens is 1220 g/mol. The molecular formula is C29H24I6NO6+. The van der Waals surface area contributed by atoms with Gasteiger partial charge in [0.15, 0.2) is 0 Å². The second-order valence-corrected chi connectivity index (χ2v) is 17.1. The number of carbonyl (C=O) groups excluding carboxylic acids is 3.